The summed E-state index contributed by atoms with van der Waals surface area (Å²) in [5.74, 6) is 0.748. The van der Waals surface area contributed by atoms with Gasteiger partial charge in [-0.15, -0.1) is 11.6 Å². The molecule has 1 aromatic carbocycles. The summed E-state index contributed by atoms with van der Waals surface area (Å²) in [6.07, 6.45) is 7.37. The summed E-state index contributed by atoms with van der Waals surface area (Å²) in [5, 5.41) is 4.37. The van der Waals surface area contributed by atoms with Crippen LogP contribution in [-0.4, -0.2) is 15.7 Å². The van der Waals surface area contributed by atoms with Crippen LogP contribution < -0.4 is 0 Å². The van der Waals surface area contributed by atoms with E-state index in [1.165, 1.54) is 11.1 Å². The molecule has 0 amide bonds. The third-order valence-electron chi connectivity index (χ3n) is 2.72. The predicted molar refractivity (Wildman–Crippen MR) is 71.4 cm³/mol. The van der Waals surface area contributed by atoms with E-state index >= 15 is 0 Å². The SMILES string of the molecule is ClCCCCc1cnn(Cc2ccccc2)c1. The molecule has 0 atom stereocenters. The number of halogens is 1. The minimum Gasteiger partial charge on any atom is -0.268 e. The normalized spacial score (nSPS) is 10.6. The quantitative estimate of drug-likeness (QED) is 0.565. The zero-order valence-electron chi connectivity index (χ0n) is 9.85. The van der Waals surface area contributed by atoms with Gasteiger partial charge in [0.2, 0.25) is 0 Å². The first-order valence-electron chi connectivity index (χ1n) is 6.00. The summed E-state index contributed by atoms with van der Waals surface area (Å²) >= 11 is 5.66. The van der Waals surface area contributed by atoms with Crippen LogP contribution in [-0.2, 0) is 13.0 Å². The Balaban J connectivity index is 1.90. The third-order valence-corrected chi connectivity index (χ3v) is 2.99. The average Bonchev–Trinajstić information content (AvgIpc) is 2.79. The number of aryl methyl sites for hydroxylation is 1. The molecule has 90 valence electrons. The summed E-state index contributed by atoms with van der Waals surface area (Å²) in [4.78, 5) is 0. The van der Waals surface area contributed by atoms with Crippen molar-refractivity contribution in [3.05, 3.63) is 53.9 Å². The second-order valence-electron chi connectivity index (χ2n) is 4.18. The van der Waals surface area contributed by atoms with E-state index in [1.807, 2.05) is 16.9 Å². The van der Waals surface area contributed by atoms with Crippen LogP contribution in [0.4, 0.5) is 0 Å². The highest BCUT2D eigenvalue weighted by Gasteiger charge is 1.99. The lowest BCUT2D eigenvalue weighted by molar-refractivity contribution is 0.685. The third kappa shape index (κ3) is 3.90. The van der Waals surface area contributed by atoms with Crippen LogP contribution in [0.5, 0.6) is 0 Å². The second kappa shape index (κ2) is 6.45. The van der Waals surface area contributed by atoms with E-state index in [1.54, 1.807) is 0 Å². The zero-order chi connectivity index (χ0) is 11.9. The lowest BCUT2D eigenvalue weighted by Crippen LogP contribution is -1.99. The van der Waals surface area contributed by atoms with E-state index in [4.69, 9.17) is 11.6 Å². The van der Waals surface area contributed by atoms with Crippen LogP contribution in [0.1, 0.15) is 24.0 Å². The Morgan fingerprint density at radius 1 is 1.06 bits per heavy atom. The molecule has 2 rings (SSSR count). The number of unbranched alkanes of at least 4 members (excludes halogenated alkanes) is 1. The second-order valence-corrected chi connectivity index (χ2v) is 4.56. The first-order chi connectivity index (χ1) is 8.38. The van der Waals surface area contributed by atoms with Crippen molar-refractivity contribution in [2.24, 2.45) is 0 Å². The van der Waals surface area contributed by atoms with Gasteiger partial charge in [-0.25, -0.2) is 0 Å². The fourth-order valence-electron chi connectivity index (χ4n) is 1.82. The Bertz CT molecular complexity index is 436. The predicted octanol–water partition coefficient (Wildman–Crippen LogP) is 3.49. The molecule has 0 spiro atoms. The van der Waals surface area contributed by atoms with Crippen LogP contribution in [0.2, 0.25) is 0 Å². The van der Waals surface area contributed by atoms with Crippen LogP contribution in [0, 0.1) is 0 Å². The Hall–Kier alpha value is -1.28. The molecule has 2 aromatic rings. The largest absolute Gasteiger partial charge is 0.268 e. The molecular weight excluding hydrogens is 232 g/mol. The van der Waals surface area contributed by atoms with Gasteiger partial charge < -0.3 is 0 Å². The Morgan fingerprint density at radius 2 is 1.88 bits per heavy atom. The molecule has 2 nitrogen and oxygen atoms in total. The van der Waals surface area contributed by atoms with Gasteiger partial charge in [-0.2, -0.15) is 5.10 Å². The molecule has 0 bridgehead atoms. The lowest BCUT2D eigenvalue weighted by Gasteiger charge is -2.00. The average molecular weight is 249 g/mol. The fourth-order valence-corrected chi connectivity index (χ4v) is 2.01. The molecule has 0 aliphatic carbocycles. The first-order valence-corrected chi connectivity index (χ1v) is 6.53. The van der Waals surface area contributed by atoms with Crippen LogP contribution in [0.25, 0.3) is 0 Å². The van der Waals surface area contributed by atoms with E-state index in [2.05, 4.69) is 35.6 Å². The van der Waals surface area contributed by atoms with Crippen molar-refractivity contribution in [1.82, 2.24) is 9.78 Å². The monoisotopic (exact) mass is 248 g/mol. The van der Waals surface area contributed by atoms with E-state index in [9.17, 15) is 0 Å². The van der Waals surface area contributed by atoms with Crippen molar-refractivity contribution in [3.8, 4) is 0 Å². The van der Waals surface area contributed by atoms with E-state index < -0.39 is 0 Å². The minimum absolute atomic E-state index is 0.748. The summed E-state index contributed by atoms with van der Waals surface area (Å²) < 4.78 is 1.99. The van der Waals surface area contributed by atoms with Crippen LogP contribution in [0.15, 0.2) is 42.7 Å². The van der Waals surface area contributed by atoms with E-state index in [0.717, 1.165) is 31.7 Å². The van der Waals surface area contributed by atoms with Crippen molar-refractivity contribution in [1.29, 1.82) is 0 Å². The lowest BCUT2D eigenvalue weighted by atomic mass is 10.2. The van der Waals surface area contributed by atoms with Crippen molar-refractivity contribution in [3.63, 3.8) is 0 Å². The van der Waals surface area contributed by atoms with Crippen LogP contribution >= 0.6 is 11.6 Å². The standard InChI is InChI=1S/C14H17ClN2/c15-9-5-4-8-14-10-16-17(12-14)11-13-6-2-1-3-7-13/h1-3,6-7,10,12H,4-5,8-9,11H2. The maximum Gasteiger partial charge on any atom is 0.0659 e. The summed E-state index contributed by atoms with van der Waals surface area (Å²) in [6, 6.07) is 10.4. The maximum atomic E-state index is 5.66. The zero-order valence-corrected chi connectivity index (χ0v) is 10.6. The van der Waals surface area contributed by atoms with E-state index in [-0.39, 0.29) is 0 Å². The highest BCUT2D eigenvalue weighted by atomic mass is 35.5. The molecule has 1 aromatic heterocycles. The van der Waals surface area contributed by atoms with Crippen molar-refractivity contribution >= 4 is 11.6 Å². The van der Waals surface area contributed by atoms with E-state index in [0.29, 0.717) is 0 Å². The summed E-state index contributed by atoms with van der Waals surface area (Å²) in [7, 11) is 0. The highest BCUT2D eigenvalue weighted by molar-refractivity contribution is 6.17. The number of rotatable bonds is 6. The molecule has 3 heteroatoms. The Labute approximate surface area is 107 Å². The molecule has 0 unspecified atom stereocenters. The van der Waals surface area contributed by atoms with Crippen molar-refractivity contribution in [2.45, 2.75) is 25.8 Å². The molecule has 0 saturated heterocycles. The van der Waals surface area contributed by atoms with Gasteiger partial charge in [-0.3, -0.25) is 4.68 Å². The van der Waals surface area contributed by atoms with Gasteiger partial charge in [0, 0.05) is 12.1 Å². The Morgan fingerprint density at radius 3 is 2.65 bits per heavy atom. The molecule has 17 heavy (non-hydrogen) atoms. The topological polar surface area (TPSA) is 17.8 Å². The van der Waals surface area contributed by atoms with Gasteiger partial charge in [0.1, 0.15) is 0 Å². The fraction of sp³-hybridized carbons (Fsp3) is 0.357. The molecular formula is C14H17ClN2. The smallest absolute Gasteiger partial charge is 0.0659 e. The molecule has 1 heterocycles. The highest BCUT2D eigenvalue weighted by Crippen LogP contribution is 2.07. The van der Waals surface area contributed by atoms with Gasteiger partial charge in [0.05, 0.1) is 12.7 Å². The van der Waals surface area contributed by atoms with Gasteiger partial charge in [0.15, 0.2) is 0 Å². The number of hydrogen-bond donors (Lipinski definition) is 0. The minimum atomic E-state index is 0.748. The summed E-state index contributed by atoms with van der Waals surface area (Å²) in [5.41, 5.74) is 2.58. The van der Waals surface area contributed by atoms with Gasteiger partial charge in [-0.1, -0.05) is 30.3 Å². The van der Waals surface area contributed by atoms with Crippen LogP contribution in [0.3, 0.4) is 0 Å². The molecule has 0 fully saturated rings. The molecule has 0 radical (unpaired) electrons. The molecule has 0 aliphatic heterocycles. The molecule has 0 saturated carbocycles. The number of alkyl halides is 1. The first kappa shape index (κ1) is 12.2. The Kier molecular flexibility index (Phi) is 4.63. The van der Waals surface area contributed by atoms with Crippen molar-refractivity contribution < 1.29 is 0 Å². The van der Waals surface area contributed by atoms with Gasteiger partial charge >= 0.3 is 0 Å². The molecule has 0 N–H and O–H groups in total. The molecule has 0 aliphatic rings. The van der Waals surface area contributed by atoms with Gasteiger partial charge in [-0.05, 0) is 30.4 Å². The maximum absolute atomic E-state index is 5.66. The number of aromatic nitrogens is 2. The number of benzene rings is 1. The number of hydrogen-bond acceptors (Lipinski definition) is 1. The number of nitrogens with zero attached hydrogens (tertiary/aromatic N) is 2. The summed E-state index contributed by atoms with van der Waals surface area (Å²) in [6.45, 7) is 0.844. The van der Waals surface area contributed by atoms with Gasteiger partial charge in [0.25, 0.3) is 0 Å². The van der Waals surface area contributed by atoms with Crippen molar-refractivity contribution in [2.75, 3.05) is 5.88 Å².